The third-order valence-corrected chi connectivity index (χ3v) is 6.43. The molecule has 0 spiro atoms. The van der Waals surface area contributed by atoms with Crippen LogP contribution in [-0.4, -0.2) is 34.6 Å². The van der Waals surface area contributed by atoms with E-state index in [9.17, 15) is 9.59 Å². The third-order valence-electron chi connectivity index (χ3n) is 4.85. The Labute approximate surface area is 193 Å². The summed E-state index contributed by atoms with van der Waals surface area (Å²) in [7, 11) is 0. The highest BCUT2D eigenvalue weighted by atomic mass is 35.5. The van der Waals surface area contributed by atoms with Crippen LogP contribution in [-0.2, 0) is 16.1 Å². The molecule has 0 unspecified atom stereocenters. The second-order valence-corrected chi connectivity index (χ2v) is 8.99. The predicted octanol–water partition coefficient (Wildman–Crippen LogP) is 5.81. The first kappa shape index (κ1) is 24.6. The molecule has 0 heterocycles. The number of carbonyl (C=O) groups excluding carboxylic acids is 2. The second-order valence-electron chi connectivity index (χ2n) is 7.10. The lowest BCUT2D eigenvalue weighted by Gasteiger charge is -2.31. The summed E-state index contributed by atoms with van der Waals surface area (Å²) in [6, 6.07) is 14.4. The SMILES string of the molecule is CC[C@H](C(=O)N[C@@H](C)CC)N(Cc1ccc(Cl)cc1Cl)C(=O)CSc1ccccc1. The zero-order chi connectivity index (χ0) is 22.1. The maximum Gasteiger partial charge on any atom is 0.243 e. The molecule has 2 aromatic carbocycles. The van der Waals surface area contributed by atoms with Crippen LogP contribution in [0.4, 0.5) is 0 Å². The Balaban J connectivity index is 2.24. The van der Waals surface area contributed by atoms with Crippen molar-refractivity contribution in [1.29, 1.82) is 0 Å². The maximum absolute atomic E-state index is 13.2. The van der Waals surface area contributed by atoms with Gasteiger partial charge < -0.3 is 10.2 Å². The molecule has 0 aliphatic heterocycles. The molecule has 2 rings (SSSR count). The third kappa shape index (κ3) is 7.22. The van der Waals surface area contributed by atoms with Crippen molar-refractivity contribution in [3.8, 4) is 0 Å². The van der Waals surface area contributed by atoms with Gasteiger partial charge in [0.05, 0.1) is 5.75 Å². The summed E-state index contributed by atoms with van der Waals surface area (Å²) in [6.45, 7) is 6.13. The van der Waals surface area contributed by atoms with Crippen molar-refractivity contribution >= 4 is 46.8 Å². The van der Waals surface area contributed by atoms with Gasteiger partial charge in [-0.1, -0.05) is 61.3 Å². The molecule has 2 aromatic rings. The summed E-state index contributed by atoms with van der Waals surface area (Å²) in [5.41, 5.74) is 0.758. The molecule has 2 amide bonds. The first-order valence-corrected chi connectivity index (χ1v) is 11.8. The molecule has 0 radical (unpaired) electrons. The Morgan fingerprint density at radius 2 is 1.77 bits per heavy atom. The Morgan fingerprint density at radius 3 is 2.37 bits per heavy atom. The van der Waals surface area contributed by atoms with Crippen LogP contribution in [0.2, 0.25) is 10.0 Å². The smallest absolute Gasteiger partial charge is 0.243 e. The number of benzene rings is 2. The quantitative estimate of drug-likeness (QED) is 0.449. The average Bonchev–Trinajstić information content (AvgIpc) is 2.74. The van der Waals surface area contributed by atoms with E-state index >= 15 is 0 Å². The normalized spacial score (nSPS) is 12.8. The molecule has 162 valence electrons. The van der Waals surface area contributed by atoms with Crippen LogP contribution in [0.1, 0.15) is 39.2 Å². The number of halogens is 2. The van der Waals surface area contributed by atoms with Crippen LogP contribution in [0.15, 0.2) is 53.4 Å². The van der Waals surface area contributed by atoms with Crippen LogP contribution in [0.25, 0.3) is 0 Å². The highest BCUT2D eigenvalue weighted by Crippen LogP contribution is 2.25. The van der Waals surface area contributed by atoms with Crippen LogP contribution in [0.3, 0.4) is 0 Å². The highest BCUT2D eigenvalue weighted by molar-refractivity contribution is 8.00. The summed E-state index contributed by atoms with van der Waals surface area (Å²) >= 11 is 13.8. The number of carbonyl (C=O) groups is 2. The lowest BCUT2D eigenvalue weighted by atomic mass is 10.1. The average molecular weight is 467 g/mol. The number of nitrogens with one attached hydrogen (secondary N) is 1. The summed E-state index contributed by atoms with van der Waals surface area (Å²) in [6.07, 6.45) is 1.33. The molecule has 0 saturated heterocycles. The van der Waals surface area contributed by atoms with Crippen LogP contribution in [0.5, 0.6) is 0 Å². The van der Waals surface area contributed by atoms with E-state index in [1.54, 1.807) is 23.1 Å². The van der Waals surface area contributed by atoms with E-state index in [-0.39, 0.29) is 30.2 Å². The zero-order valence-electron chi connectivity index (χ0n) is 17.5. The molecule has 0 bridgehead atoms. The number of hydrogen-bond donors (Lipinski definition) is 1. The Hall–Kier alpha value is -1.69. The molecule has 0 aliphatic carbocycles. The number of rotatable bonds is 10. The summed E-state index contributed by atoms with van der Waals surface area (Å²) in [4.78, 5) is 28.8. The molecular formula is C23H28Cl2N2O2S. The zero-order valence-corrected chi connectivity index (χ0v) is 19.9. The number of hydrogen-bond acceptors (Lipinski definition) is 3. The molecule has 0 aliphatic rings. The van der Waals surface area contributed by atoms with Crippen molar-refractivity contribution in [2.45, 2.75) is 57.1 Å². The van der Waals surface area contributed by atoms with Gasteiger partial charge in [-0.2, -0.15) is 0 Å². The van der Waals surface area contributed by atoms with E-state index in [0.29, 0.717) is 16.5 Å². The number of amides is 2. The van der Waals surface area contributed by atoms with E-state index in [1.807, 2.05) is 51.1 Å². The van der Waals surface area contributed by atoms with Gasteiger partial charge in [0.15, 0.2) is 0 Å². The van der Waals surface area contributed by atoms with Gasteiger partial charge in [-0.05, 0) is 49.6 Å². The van der Waals surface area contributed by atoms with E-state index < -0.39 is 6.04 Å². The summed E-state index contributed by atoms with van der Waals surface area (Å²) < 4.78 is 0. The first-order chi connectivity index (χ1) is 14.3. The topological polar surface area (TPSA) is 49.4 Å². The lowest BCUT2D eigenvalue weighted by molar-refractivity contribution is -0.139. The van der Waals surface area contributed by atoms with Crippen molar-refractivity contribution in [2.75, 3.05) is 5.75 Å². The van der Waals surface area contributed by atoms with Gasteiger partial charge in [0.2, 0.25) is 11.8 Å². The molecule has 0 fully saturated rings. The van der Waals surface area contributed by atoms with Gasteiger partial charge in [0.25, 0.3) is 0 Å². The Bertz CT molecular complexity index is 848. The van der Waals surface area contributed by atoms with Crippen molar-refractivity contribution in [2.24, 2.45) is 0 Å². The van der Waals surface area contributed by atoms with Crippen LogP contribution < -0.4 is 5.32 Å². The van der Waals surface area contributed by atoms with Crippen LogP contribution in [0, 0.1) is 0 Å². The second kappa shape index (κ2) is 12.2. The van der Waals surface area contributed by atoms with Gasteiger partial charge in [-0.15, -0.1) is 11.8 Å². The van der Waals surface area contributed by atoms with Crippen molar-refractivity contribution in [3.05, 3.63) is 64.1 Å². The van der Waals surface area contributed by atoms with Gasteiger partial charge >= 0.3 is 0 Å². The Kier molecular flexibility index (Phi) is 10.0. The molecule has 0 aromatic heterocycles. The minimum Gasteiger partial charge on any atom is -0.352 e. The fourth-order valence-electron chi connectivity index (χ4n) is 2.94. The molecule has 4 nitrogen and oxygen atoms in total. The molecule has 1 N–H and O–H groups in total. The standard InChI is InChI=1S/C23H28Cl2N2O2S/c1-4-16(3)26-23(29)21(5-2)27(14-17-11-12-18(24)13-20(17)25)22(28)15-30-19-9-7-6-8-10-19/h6-13,16,21H,4-5,14-15H2,1-3H3,(H,26,29)/t16-,21+/m0/s1. The highest BCUT2D eigenvalue weighted by Gasteiger charge is 2.29. The maximum atomic E-state index is 13.2. The number of nitrogens with zero attached hydrogens (tertiary/aromatic N) is 1. The first-order valence-electron chi connectivity index (χ1n) is 10.1. The Morgan fingerprint density at radius 1 is 1.07 bits per heavy atom. The van der Waals surface area contributed by atoms with Crippen LogP contribution >= 0.6 is 35.0 Å². The summed E-state index contributed by atoms with van der Waals surface area (Å²) in [5.74, 6) is -0.0153. The fourth-order valence-corrected chi connectivity index (χ4v) is 4.21. The van der Waals surface area contributed by atoms with Crippen molar-refractivity contribution < 1.29 is 9.59 Å². The van der Waals surface area contributed by atoms with Gasteiger partial charge in [0.1, 0.15) is 6.04 Å². The summed E-state index contributed by atoms with van der Waals surface area (Å²) in [5, 5.41) is 4.02. The van der Waals surface area contributed by atoms with Crippen molar-refractivity contribution in [3.63, 3.8) is 0 Å². The minimum absolute atomic E-state index is 0.0429. The molecule has 30 heavy (non-hydrogen) atoms. The molecule has 0 saturated carbocycles. The van der Waals surface area contributed by atoms with Crippen molar-refractivity contribution in [1.82, 2.24) is 10.2 Å². The largest absolute Gasteiger partial charge is 0.352 e. The minimum atomic E-state index is -0.574. The van der Waals surface area contributed by atoms with Gasteiger partial charge in [-0.25, -0.2) is 0 Å². The molecule has 7 heteroatoms. The fraction of sp³-hybridized carbons (Fsp3) is 0.391. The van der Waals surface area contributed by atoms with E-state index in [0.717, 1.165) is 16.9 Å². The number of thioether (sulfide) groups is 1. The van der Waals surface area contributed by atoms with E-state index in [4.69, 9.17) is 23.2 Å². The monoisotopic (exact) mass is 466 g/mol. The van der Waals surface area contributed by atoms with Gasteiger partial charge in [0, 0.05) is 27.5 Å². The molecule has 2 atom stereocenters. The van der Waals surface area contributed by atoms with E-state index in [2.05, 4.69) is 5.32 Å². The van der Waals surface area contributed by atoms with Gasteiger partial charge in [-0.3, -0.25) is 9.59 Å². The van der Waals surface area contributed by atoms with E-state index in [1.165, 1.54) is 11.8 Å². The predicted molar refractivity (Wildman–Crippen MR) is 126 cm³/mol. The lowest BCUT2D eigenvalue weighted by Crippen LogP contribution is -2.51. The molecular weight excluding hydrogens is 439 g/mol.